The van der Waals surface area contributed by atoms with Gasteiger partial charge in [-0.05, 0) is 24.6 Å². The number of carboxylic acid groups (broad SMARTS) is 1. The van der Waals surface area contributed by atoms with Gasteiger partial charge >= 0.3 is 11.9 Å². The lowest BCUT2D eigenvalue weighted by atomic mass is 10.00. The Kier molecular flexibility index (Phi) is 6.53. The third kappa shape index (κ3) is 4.96. The van der Waals surface area contributed by atoms with Crippen LogP contribution in [0.1, 0.15) is 40.0 Å². The molecule has 146 valence electrons. The van der Waals surface area contributed by atoms with E-state index in [9.17, 15) is 9.59 Å². The average Bonchev–Trinajstić information content (AvgIpc) is 2.76. The second-order valence-electron chi connectivity index (χ2n) is 6.29. The van der Waals surface area contributed by atoms with Gasteiger partial charge in [-0.2, -0.15) is 0 Å². The van der Waals surface area contributed by atoms with Crippen LogP contribution in [0.15, 0.2) is 89.9 Å². The van der Waals surface area contributed by atoms with Crippen molar-refractivity contribution in [2.75, 3.05) is 6.61 Å². The Morgan fingerprint density at radius 3 is 1.79 bits per heavy atom. The van der Waals surface area contributed by atoms with Gasteiger partial charge < -0.3 is 9.84 Å². The molecule has 0 saturated heterocycles. The fourth-order valence-electron chi connectivity index (χ4n) is 2.93. The lowest BCUT2D eigenvalue weighted by Crippen LogP contribution is -2.17. The Morgan fingerprint density at radius 1 is 0.828 bits per heavy atom. The Labute approximate surface area is 169 Å². The van der Waals surface area contributed by atoms with Crippen molar-refractivity contribution in [2.24, 2.45) is 4.99 Å². The molecule has 3 aromatic rings. The highest BCUT2D eigenvalue weighted by Crippen LogP contribution is 2.23. The molecule has 1 N–H and O–H groups in total. The molecule has 3 rings (SSSR count). The molecule has 0 amide bonds. The largest absolute Gasteiger partial charge is 0.478 e. The average molecular weight is 387 g/mol. The number of carbonyl (C=O) groups is 2. The quantitative estimate of drug-likeness (QED) is 0.477. The second kappa shape index (κ2) is 9.46. The van der Waals surface area contributed by atoms with Crippen molar-refractivity contribution < 1.29 is 19.4 Å². The van der Waals surface area contributed by atoms with Crippen molar-refractivity contribution in [3.63, 3.8) is 0 Å². The monoisotopic (exact) mass is 387 g/mol. The zero-order valence-corrected chi connectivity index (χ0v) is 16.0. The van der Waals surface area contributed by atoms with E-state index in [-0.39, 0.29) is 12.2 Å². The number of rotatable bonds is 7. The smallest absolute Gasteiger partial charge is 0.335 e. The van der Waals surface area contributed by atoms with Crippen LogP contribution in [0.2, 0.25) is 0 Å². The van der Waals surface area contributed by atoms with Gasteiger partial charge in [0, 0.05) is 11.1 Å². The summed E-state index contributed by atoms with van der Waals surface area (Å²) in [7, 11) is 0. The van der Waals surface area contributed by atoms with Crippen LogP contribution in [0.3, 0.4) is 0 Å². The first kappa shape index (κ1) is 20.0. The Hall–Kier alpha value is -3.73. The van der Waals surface area contributed by atoms with Crippen LogP contribution in [0.5, 0.6) is 0 Å². The molecule has 0 heterocycles. The fraction of sp³-hybridized carbons (Fsp3) is 0.125. The van der Waals surface area contributed by atoms with Crippen molar-refractivity contribution in [2.45, 2.75) is 13.0 Å². The summed E-state index contributed by atoms with van der Waals surface area (Å²) >= 11 is 0. The predicted molar refractivity (Wildman–Crippen MR) is 111 cm³/mol. The van der Waals surface area contributed by atoms with Gasteiger partial charge in [-0.3, -0.25) is 4.99 Å². The molecule has 0 aliphatic heterocycles. The molecule has 29 heavy (non-hydrogen) atoms. The number of carbonyl (C=O) groups excluding carboxylic acids is 1. The van der Waals surface area contributed by atoms with E-state index in [4.69, 9.17) is 14.8 Å². The summed E-state index contributed by atoms with van der Waals surface area (Å²) in [5, 5.41) is 9.13. The Bertz CT molecular complexity index is 955. The summed E-state index contributed by atoms with van der Waals surface area (Å²) < 4.78 is 5.25. The number of aromatic carboxylic acids is 1. The minimum Gasteiger partial charge on any atom is -0.478 e. The van der Waals surface area contributed by atoms with E-state index in [1.54, 1.807) is 19.1 Å². The van der Waals surface area contributed by atoms with Crippen LogP contribution in [0.4, 0.5) is 0 Å². The lowest BCUT2D eigenvalue weighted by Gasteiger charge is -2.16. The van der Waals surface area contributed by atoms with Crippen LogP contribution in [0, 0.1) is 0 Å². The molecule has 5 heteroatoms. The van der Waals surface area contributed by atoms with Gasteiger partial charge in [0.2, 0.25) is 0 Å². The molecule has 0 aliphatic rings. The molecule has 0 fully saturated rings. The van der Waals surface area contributed by atoms with Gasteiger partial charge in [0.25, 0.3) is 0 Å². The zero-order chi connectivity index (χ0) is 20.6. The maximum atomic E-state index is 12.7. The van der Waals surface area contributed by atoms with Crippen molar-refractivity contribution in [3.05, 3.63) is 107 Å². The maximum absolute atomic E-state index is 12.7. The number of nitrogens with zero attached hydrogens (tertiary/aromatic N) is 1. The molecule has 1 atom stereocenters. The molecule has 0 aromatic heterocycles. The number of benzene rings is 3. The predicted octanol–water partition coefficient (Wildman–Crippen LogP) is 4.53. The van der Waals surface area contributed by atoms with E-state index in [1.807, 2.05) is 60.7 Å². The molecule has 0 spiro atoms. The topological polar surface area (TPSA) is 76.0 Å². The van der Waals surface area contributed by atoms with Crippen LogP contribution < -0.4 is 0 Å². The van der Waals surface area contributed by atoms with Gasteiger partial charge in [-0.15, -0.1) is 0 Å². The maximum Gasteiger partial charge on any atom is 0.335 e. The van der Waals surface area contributed by atoms with E-state index >= 15 is 0 Å². The second-order valence-corrected chi connectivity index (χ2v) is 6.29. The van der Waals surface area contributed by atoms with Gasteiger partial charge in [0.1, 0.15) is 0 Å². The molecule has 0 saturated carbocycles. The summed E-state index contributed by atoms with van der Waals surface area (Å²) in [6.07, 6.45) is 0. The zero-order valence-electron chi connectivity index (χ0n) is 16.0. The molecule has 0 bridgehead atoms. The first-order chi connectivity index (χ1) is 14.1. The highest BCUT2D eigenvalue weighted by Gasteiger charge is 2.23. The minimum atomic E-state index is -1.03. The summed E-state index contributed by atoms with van der Waals surface area (Å²) in [6, 6.07) is 24.4. The highest BCUT2D eigenvalue weighted by atomic mass is 16.5. The summed E-state index contributed by atoms with van der Waals surface area (Å²) in [4.78, 5) is 28.6. The molecule has 0 radical (unpaired) electrons. The number of aliphatic imine (C=N–C) groups is 1. The van der Waals surface area contributed by atoms with Gasteiger partial charge in [-0.1, -0.05) is 72.8 Å². The van der Waals surface area contributed by atoms with E-state index in [1.165, 1.54) is 12.1 Å². The Balaban J connectivity index is 2.12. The first-order valence-electron chi connectivity index (χ1n) is 9.28. The molecule has 5 nitrogen and oxygen atoms in total. The van der Waals surface area contributed by atoms with Crippen molar-refractivity contribution >= 4 is 17.7 Å². The number of hydrogen-bond acceptors (Lipinski definition) is 4. The number of hydrogen-bond donors (Lipinski definition) is 1. The number of esters is 1. The third-order valence-corrected chi connectivity index (χ3v) is 4.34. The van der Waals surface area contributed by atoms with Gasteiger partial charge in [0.05, 0.1) is 17.9 Å². The summed E-state index contributed by atoms with van der Waals surface area (Å²) in [6.45, 7) is 1.96. The minimum absolute atomic E-state index is 0.145. The lowest BCUT2D eigenvalue weighted by molar-refractivity contribution is -0.144. The molecule has 0 aliphatic carbocycles. The van der Waals surface area contributed by atoms with E-state index in [0.29, 0.717) is 11.3 Å². The summed E-state index contributed by atoms with van der Waals surface area (Å²) in [5.74, 6) is -1.51. The van der Waals surface area contributed by atoms with Gasteiger partial charge in [-0.25, -0.2) is 9.59 Å². The molecular weight excluding hydrogens is 366 g/mol. The van der Waals surface area contributed by atoms with E-state index in [2.05, 4.69) is 0 Å². The first-order valence-corrected chi connectivity index (χ1v) is 9.28. The van der Waals surface area contributed by atoms with Gasteiger partial charge in [0.15, 0.2) is 6.04 Å². The molecule has 1 unspecified atom stereocenters. The normalized spacial score (nSPS) is 11.3. The van der Waals surface area contributed by atoms with E-state index < -0.39 is 18.0 Å². The van der Waals surface area contributed by atoms with Crippen molar-refractivity contribution in [1.29, 1.82) is 0 Å². The Morgan fingerprint density at radius 2 is 1.34 bits per heavy atom. The number of carboxylic acids is 1. The van der Waals surface area contributed by atoms with Crippen LogP contribution in [-0.4, -0.2) is 29.4 Å². The van der Waals surface area contributed by atoms with Crippen LogP contribution >= 0.6 is 0 Å². The highest BCUT2D eigenvalue weighted by molar-refractivity contribution is 6.13. The van der Waals surface area contributed by atoms with Crippen LogP contribution in [-0.2, 0) is 9.53 Å². The van der Waals surface area contributed by atoms with Crippen molar-refractivity contribution in [3.8, 4) is 0 Å². The van der Waals surface area contributed by atoms with E-state index in [0.717, 1.165) is 11.1 Å². The SMILES string of the molecule is CCOC(=O)C(N=C(c1ccccc1)c1ccccc1)c1ccc(C(=O)O)cc1. The van der Waals surface area contributed by atoms with Crippen LogP contribution in [0.25, 0.3) is 0 Å². The fourth-order valence-corrected chi connectivity index (χ4v) is 2.93. The molecule has 3 aromatic carbocycles. The summed E-state index contributed by atoms with van der Waals surface area (Å²) in [5.41, 5.74) is 3.11. The standard InChI is InChI=1S/C24H21NO4/c1-2-29-24(28)22(19-13-15-20(16-14-19)23(26)27)25-21(17-9-5-3-6-10-17)18-11-7-4-8-12-18/h3-16,22H,2H2,1H3,(H,26,27). The third-order valence-electron chi connectivity index (χ3n) is 4.34. The molecular formula is C24H21NO4. The number of ether oxygens (including phenoxy) is 1. The van der Waals surface area contributed by atoms with Crippen molar-refractivity contribution in [1.82, 2.24) is 0 Å².